The minimum Gasteiger partial charge on any atom is -0.477 e. The van der Waals surface area contributed by atoms with Crippen LogP contribution in [0, 0.1) is 0 Å². The Morgan fingerprint density at radius 3 is 2.82 bits per heavy atom. The van der Waals surface area contributed by atoms with Gasteiger partial charge in [0.05, 0.1) is 5.52 Å². The van der Waals surface area contributed by atoms with Gasteiger partial charge in [0.1, 0.15) is 0 Å². The zero-order chi connectivity index (χ0) is 12.5. The number of hydrogen-bond donors (Lipinski definition) is 1. The van der Waals surface area contributed by atoms with Gasteiger partial charge in [0, 0.05) is 18.0 Å². The zero-order valence-corrected chi connectivity index (χ0v) is 8.73. The van der Waals surface area contributed by atoms with Crippen LogP contribution in [0.25, 0.3) is 10.9 Å². The molecule has 1 aromatic heterocycles. The van der Waals surface area contributed by atoms with Crippen molar-refractivity contribution in [1.29, 1.82) is 0 Å². The second-order valence-electron chi connectivity index (χ2n) is 3.72. The number of carbonyl (C=O) groups is 1. The van der Waals surface area contributed by atoms with Crippen LogP contribution in [0.15, 0.2) is 36.5 Å². The van der Waals surface area contributed by atoms with E-state index in [0.717, 1.165) is 0 Å². The van der Waals surface area contributed by atoms with E-state index in [9.17, 15) is 13.6 Å². The highest BCUT2D eigenvalue weighted by molar-refractivity contribution is 5.80. The third-order valence-corrected chi connectivity index (χ3v) is 2.41. The van der Waals surface area contributed by atoms with Gasteiger partial charge in [-0.3, -0.25) is 4.98 Å². The van der Waals surface area contributed by atoms with Crippen molar-refractivity contribution in [2.24, 2.45) is 0 Å². The molecule has 1 N–H and O–H groups in total. The van der Waals surface area contributed by atoms with Gasteiger partial charge in [-0.2, -0.15) is 8.78 Å². The normalized spacial score (nSPS) is 11.6. The van der Waals surface area contributed by atoms with Crippen LogP contribution in [-0.4, -0.2) is 22.0 Å². The van der Waals surface area contributed by atoms with Gasteiger partial charge >= 0.3 is 11.9 Å². The molecule has 0 unspecified atom stereocenters. The van der Waals surface area contributed by atoms with Crippen LogP contribution in [0.2, 0.25) is 0 Å². The fraction of sp³-hybridized carbons (Fsp3) is 0.167. The highest BCUT2D eigenvalue weighted by atomic mass is 19.3. The molecule has 0 fully saturated rings. The summed E-state index contributed by atoms with van der Waals surface area (Å²) in [4.78, 5) is 14.4. The molecule has 17 heavy (non-hydrogen) atoms. The van der Waals surface area contributed by atoms with Crippen molar-refractivity contribution in [2.75, 3.05) is 0 Å². The molecule has 2 rings (SSSR count). The highest BCUT2D eigenvalue weighted by Gasteiger charge is 2.38. The van der Waals surface area contributed by atoms with Crippen LogP contribution >= 0.6 is 0 Å². The minimum absolute atomic E-state index is 0.276. The molecule has 5 heteroatoms. The van der Waals surface area contributed by atoms with Gasteiger partial charge in [-0.05, 0) is 23.8 Å². The maximum absolute atomic E-state index is 13.0. The number of carboxylic acid groups (broad SMARTS) is 1. The topological polar surface area (TPSA) is 50.2 Å². The van der Waals surface area contributed by atoms with Gasteiger partial charge < -0.3 is 5.11 Å². The summed E-state index contributed by atoms with van der Waals surface area (Å²) in [6, 6.07) is 8.03. The Kier molecular flexibility index (Phi) is 2.75. The van der Waals surface area contributed by atoms with Crippen molar-refractivity contribution < 1.29 is 18.7 Å². The number of halogens is 2. The number of carboxylic acids is 1. The van der Waals surface area contributed by atoms with E-state index in [0.29, 0.717) is 10.9 Å². The number of fused-ring (bicyclic) bond motifs is 1. The lowest BCUT2D eigenvalue weighted by Gasteiger charge is -2.11. The summed E-state index contributed by atoms with van der Waals surface area (Å²) in [5.74, 6) is -5.85. The van der Waals surface area contributed by atoms with E-state index in [2.05, 4.69) is 4.98 Å². The Bertz CT molecular complexity index is 569. The van der Waals surface area contributed by atoms with Crippen molar-refractivity contribution >= 4 is 16.9 Å². The number of hydrogen-bond acceptors (Lipinski definition) is 2. The molecule has 0 bridgehead atoms. The maximum atomic E-state index is 13.0. The van der Waals surface area contributed by atoms with Gasteiger partial charge in [0.15, 0.2) is 0 Å². The molecule has 0 saturated carbocycles. The standard InChI is InChI=1S/C12H9F2NO2/c13-12(14,11(16)17)7-8-3-4-10-9(6-8)2-1-5-15-10/h1-6H,7H2,(H,16,17). The molecule has 0 aliphatic carbocycles. The molecule has 0 aliphatic heterocycles. The molecule has 0 aliphatic rings. The van der Waals surface area contributed by atoms with Crippen LogP contribution in [0.3, 0.4) is 0 Å². The molecule has 0 spiro atoms. The smallest absolute Gasteiger partial charge is 0.374 e. The lowest BCUT2D eigenvalue weighted by molar-refractivity contribution is -0.164. The van der Waals surface area contributed by atoms with E-state index >= 15 is 0 Å². The van der Waals surface area contributed by atoms with Crippen molar-refractivity contribution in [3.05, 3.63) is 42.1 Å². The summed E-state index contributed by atoms with van der Waals surface area (Å²) in [6.45, 7) is 0. The van der Waals surface area contributed by atoms with Gasteiger partial charge in [-0.1, -0.05) is 12.1 Å². The quantitative estimate of drug-likeness (QED) is 0.892. The van der Waals surface area contributed by atoms with E-state index in [-0.39, 0.29) is 5.56 Å². The van der Waals surface area contributed by atoms with Gasteiger partial charge in [-0.15, -0.1) is 0 Å². The van der Waals surface area contributed by atoms with Gasteiger partial charge in [0.25, 0.3) is 0 Å². The Balaban J connectivity index is 2.34. The summed E-state index contributed by atoms with van der Waals surface area (Å²) < 4.78 is 26.0. The van der Waals surface area contributed by atoms with E-state index in [1.807, 2.05) is 0 Å². The number of rotatable bonds is 3. The lowest BCUT2D eigenvalue weighted by atomic mass is 10.0. The molecular weight excluding hydrogens is 228 g/mol. The second-order valence-corrected chi connectivity index (χ2v) is 3.72. The molecule has 88 valence electrons. The number of benzene rings is 1. The first-order valence-electron chi connectivity index (χ1n) is 4.94. The van der Waals surface area contributed by atoms with Crippen molar-refractivity contribution in [3.63, 3.8) is 0 Å². The van der Waals surface area contributed by atoms with Gasteiger partial charge in [-0.25, -0.2) is 4.79 Å². The molecule has 2 aromatic rings. The fourth-order valence-corrected chi connectivity index (χ4v) is 1.57. The van der Waals surface area contributed by atoms with E-state index in [1.165, 1.54) is 12.1 Å². The van der Waals surface area contributed by atoms with Crippen LogP contribution in [0.5, 0.6) is 0 Å². The van der Waals surface area contributed by atoms with Gasteiger partial charge in [0.2, 0.25) is 0 Å². The first-order chi connectivity index (χ1) is 7.99. The minimum atomic E-state index is -3.74. The van der Waals surface area contributed by atoms with Crippen molar-refractivity contribution in [1.82, 2.24) is 4.98 Å². The van der Waals surface area contributed by atoms with Crippen LogP contribution in [-0.2, 0) is 11.2 Å². The average molecular weight is 237 g/mol. The predicted molar refractivity (Wildman–Crippen MR) is 58.0 cm³/mol. The Morgan fingerprint density at radius 1 is 1.35 bits per heavy atom. The molecule has 1 aromatic carbocycles. The van der Waals surface area contributed by atoms with Crippen LogP contribution in [0.1, 0.15) is 5.56 Å². The van der Waals surface area contributed by atoms with E-state index in [1.54, 1.807) is 24.4 Å². The molecule has 0 radical (unpaired) electrons. The summed E-state index contributed by atoms with van der Waals surface area (Å²) in [7, 11) is 0. The molecule has 0 amide bonds. The Hall–Kier alpha value is -2.04. The summed E-state index contributed by atoms with van der Waals surface area (Å²) >= 11 is 0. The number of aliphatic carboxylic acids is 1. The number of pyridine rings is 1. The summed E-state index contributed by atoms with van der Waals surface area (Å²) in [6.07, 6.45) is 0.793. The third kappa shape index (κ3) is 2.38. The second kappa shape index (κ2) is 4.08. The highest BCUT2D eigenvalue weighted by Crippen LogP contribution is 2.22. The maximum Gasteiger partial charge on any atom is 0.374 e. The number of alkyl halides is 2. The van der Waals surface area contributed by atoms with Crippen LogP contribution < -0.4 is 0 Å². The molecule has 0 saturated heterocycles. The lowest BCUT2D eigenvalue weighted by Crippen LogP contribution is -2.30. The Morgan fingerprint density at radius 2 is 2.12 bits per heavy atom. The number of nitrogens with zero attached hydrogens (tertiary/aromatic N) is 1. The molecule has 1 heterocycles. The molecular formula is C12H9F2NO2. The average Bonchev–Trinajstić information content (AvgIpc) is 2.28. The summed E-state index contributed by atoms with van der Waals surface area (Å²) in [5, 5.41) is 9.07. The first kappa shape index (κ1) is 11.4. The zero-order valence-electron chi connectivity index (χ0n) is 8.73. The van der Waals surface area contributed by atoms with Crippen molar-refractivity contribution in [2.45, 2.75) is 12.3 Å². The SMILES string of the molecule is O=C(O)C(F)(F)Cc1ccc2ncccc2c1. The third-order valence-electron chi connectivity index (χ3n) is 2.41. The Labute approximate surface area is 95.7 Å². The molecule has 0 atom stereocenters. The number of aromatic nitrogens is 1. The van der Waals surface area contributed by atoms with Crippen molar-refractivity contribution in [3.8, 4) is 0 Å². The summed E-state index contributed by atoms with van der Waals surface area (Å²) in [5.41, 5.74) is 0.966. The monoisotopic (exact) mass is 237 g/mol. The van der Waals surface area contributed by atoms with E-state index < -0.39 is 18.3 Å². The fourth-order valence-electron chi connectivity index (χ4n) is 1.57. The van der Waals surface area contributed by atoms with E-state index in [4.69, 9.17) is 5.11 Å². The molecule has 3 nitrogen and oxygen atoms in total. The van der Waals surface area contributed by atoms with Crippen LogP contribution in [0.4, 0.5) is 8.78 Å². The predicted octanol–water partition coefficient (Wildman–Crippen LogP) is 2.50. The largest absolute Gasteiger partial charge is 0.477 e. The first-order valence-corrected chi connectivity index (χ1v) is 4.94.